The molecule has 0 radical (unpaired) electrons. The third kappa shape index (κ3) is 1.41. The average molecular weight is 170 g/mol. The first kappa shape index (κ1) is 9.02. The van der Waals surface area contributed by atoms with Crippen LogP contribution in [0.4, 0.5) is 5.82 Å². The van der Waals surface area contributed by atoms with Crippen molar-refractivity contribution in [1.82, 2.24) is 9.78 Å². The van der Waals surface area contributed by atoms with Crippen molar-refractivity contribution >= 4 is 5.82 Å². The van der Waals surface area contributed by atoms with E-state index in [0.29, 0.717) is 6.61 Å². The Kier molecular flexibility index (Phi) is 2.67. The third-order valence-corrected chi connectivity index (χ3v) is 1.77. The fourth-order valence-corrected chi connectivity index (χ4v) is 1.20. The molecular weight excluding hydrogens is 156 g/mol. The van der Waals surface area contributed by atoms with Crippen LogP contribution in [0.3, 0.4) is 0 Å². The molecule has 0 aromatic carbocycles. The van der Waals surface area contributed by atoms with Crippen LogP contribution >= 0.6 is 0 Å². The fraction of sp³-hybridized carbons (Fsp3) is 0.571. The van der Waals surface area contributed by atoms with Crippen LogP contribution in [0.1, 0.15) is 11.3 Å². The highest BCUT2D eigenvalue weighted by atomic mass is 16.5. The van der Waals surface area contributed by atoms with E-state index in [9.17, 15) is 0 Å². The van der Waals surface area contributed by atoms with Crippen molar-refractivity contribution in [2.75, 3.05) is 12.5 Å². The summed E-state index contributed by atoms with van der Waals surface area (Å²) in [4.78, 5) is 0. The number of ether oxygens (including phenoxy) is 1. The van der Waals surface area contributed by atoms with Gasteiger partial charge in [-0.25, -0.2) is 5.84 Å². The van der Waals surface area contributed by atoms with Gasteiger partial charge in [0.2, 0.25) is 0 Å². The summed E-state index contributed by atoms with van der Waals surface area (Å²) in [6.45, 7) is 2.45. The van der Waals surface area contributed by atoms with Gasteiger partial charge in [-0.3, -0.25) is 4.68 Å². The number of hydrogen-bond acceptors (Lipinski definition) is 4. The molecule has 0 aliphatic carbocycles. The van der Waals surface area contributed by atoms with Gasteiger partial charge >= 0.3 is 0 Å². The Morgan fingerprint density at radius 2 is 2.33 bits per heavy atom. The summed E-state index contributed by atoms with van der Waals surface area (Å²) < 4.78 is 6.71. The number of nitrogen functional groups attached to an aromatic ring is 1. The molecule has 12 heavy (non-hydrogen) atoms. The molecule has 3 N–H and O–H groups in total. The van der Waals surface area contributed by atoms with Gasteiger partial charge in [-0.1, -0.05) is 0 Å². The minimum Gasteiger partial charge on any atom is -0.380 e. The number of nitrogens with one attached hydrogen (secondary N) is 1. The Labute approximate surface area is 71.5 Å². The molecule has 0 aliphatic heterocycles. The molecule has 1 heterocycles. The third-order valence-electron chi connectivity index (χ3n) is 1.77. The number of aryl methyl sites for hydroxylation is 2. The average Bonchev–Trinajstić information content (AvgIpc) is 2.28. The Hall–Kier alpha value is -1.07. The smallest absolute Gasteiger partial charge is 0.143 e. The molecule has 0 saturated carbocycles. The van der Waals surface area contributed by atoms with Gasteiger partial charge in [0.25, 0.3) is 0 Å². The van der Waals surface area contributed by atoms with E-state index >= 15 is 0 Å². The quantitative estimate of drug-likeness (QED) is 0.501. The zero-order valence-corrected chi connectivity index (χ0v) is 7.59. The topological polar surface area (TPSA) is 65.1 Å². The Balaban J connectivity index is 3.04. The maximum absolute atomic E-state index is 5.33. The van der Waals surface area contributed by atoms with E-state index in [1.807, 2.05) is 14.0 Å². The highest BCUT2D eigenvalue weighted by Gasteiger charge is 2.10. The number of hydrogen-bond donors (Lipinski definition) is 2. The summed E-state index contributed by atoms with van der Waals surface area (Å²) in [5.74, 6) is 6.13. The van der Waals surface area contributed by atoms with Crippen LogP contribution in [0.15, 0.2) is 0 Å². The molecule has 0 atom stereocenters. The molecule has 0 bridgehead atoms. The number of aromatic nitrogens is 2. The van der Waals surface area contributed by atoms with E-state index in [4.69, 9.17) is 10.6 Å². The van der Waals surface area contributed by atoms with Crippen molar-refractivity contribution in [2.24, 2.45) is 12.9 Å². The molecule has 5 nitrogen and oxygen atoms in total. The van der Waals surface area contributed by atoms with Gasteiger partial charge in [0, 0.05) is 19.7 Å². The molecule has 1 aromatic rings. The number of rotatable bonds is 3. The van der Waals surface area contributed by atoms with E-state index in [2.05, 4.69) is 10.5 Å². The predicted octanol–water partition coefficient (Wildman–Crippen LogP) is 0.161. The van der Waals surface area contributed by atoms with Crippen molar-refractivity contribution < 1.29 is 4.74 Å². The van der Waals surface area contributed by atoms with E-state index in [-0.39, 0.29) is 0 Å². The van der Waals surface area contributed by atoms with Crippen LogP contribution in [-0.2, 0) is 18.4 Å². The molecule has 0 amide bonds. The summed E-state index contributed by atoms with van der Waals surface area (Å²) >= 11 is 0. The van der Waals surface area contributed by atoms with E-state index in [1.54, 1.807) is 11.8 Å². The Bertz CT molecular complexity index is 269. The molecule has 0 fully saturated rings. The maximum Gasteiger partial charge on any atom is 0.143 e. The lowest BCUT2D eigenvalue weighted by Gasteiger charge is -2.03. The summed E-state index contributed by atoms with van der Waals surface area (Å²) in [6.07, 6.45) is 0. The number of nitrogens with zero attached hydrogens (tertiary/aromatic N) is 2. The first-order valence-corrected chi connectivity index (χ1v) is 3.68. The molecular formula is C7H14N4O. The number of methoxy groups -OCH3 is 1. The van der Waals surface area contributed by atoms with Gasteiger partial charge in [-0.2, -0.15) is 5.10 Å². The lowest BCUT2D eigenvalue weighted by atomic mass is 10.2. The van der Waals surface area contributed by atoms with Gasteiger partial charge in [-0.15, -0.1) is 0 Å². The first-order chi connectivity index (χ1) is 5.70. The second-order valence-corrected chi connectivity index (χ2v) is 2.61. The van der Waals surface area contributed by atoms with Crippen molar-refractivity contribution in [3.63, 3.8) is 0 Å². The Morgan fingerprint density at radius 1 is 1.67 bits per heavy atom. The molecule has 68 valence electrons. The van der Waals surface area contributed by atoms with Crippen molar-refractivity contribution in [2.45, 2.75) is 13.5 Å². The van der Waals surface area contributed by atoms with Gasteiger partial charge in [0.15, 0.2) is 0 Å². The minimum atomic E-state index is 0.527. The second kappa shape index (κ2) is 3.55. The van der Waals surface area contributed by atoms with Crippen molar-refractivity contribution in [3.05, 3.63) is 11.3 Å². The van der Waals surface area contributed by atoms with Crippen LogP contribution in [0.2, 0.25) is 0 Å². The second-order valence-electron chi connectivity index (χ2n) is 2.61. The van der Waals surface area contributed by atoms with Crippen LogP contribution in [0.5, 0.6) is 0 Å². The van der Waals surface area contributed by atoms with Gasteiger partial charge in [0.1, 0.15) is 5.82 Å². The molecule has 0 unspecified atom stereocenters. The van der Waals surface area contributed by atoms with E-state index < -0.39 is 0 Å². The largest absolute Gasteiger partial charge is 0.380 e. The highest BCUT2D eigenvalue weighted by Crippen LogP contribution is 2.17. The van der Waals surface area contributed by atoms with Crippen LogP contribution < -0.4 is 11.3 Å². The summed E-state index contributed by atoms with van der Waals surface area (Å²) in [6, 6.07) is 0. The summed E-state index contributed by atoms with van der Waals surface area (Å²) in [5, 5.41) is 4.19. The molecule has 1 rings (SSSR count). The van der Waals surface area contributed by atoms with Crippen LogP contribution in [0, 0.1) is 6.92 Å². The lowest BCUT2D eigenvalue weighted by Crippen LogP contribution is -2.12. The van der Waals surface area contributed by atoms with E-state index in [1.165, 1.54) is 0 Å². The predicted molar refractivity (Wildman–Crippen MR) is 46.5 cm³/mol. The van der Waals surface area contributed by atoms with Crippen molar-refractivity contribution in [1.29, 1.82) is 0 Å². The summed E-state index contributed by atoms with van der Waals surface area (Å²) in [5.41, 5.74) is 4.53. The molecule has 0 spiro atoms. The number of anilines is 1. The molecule has 0 aliphatic rings. The van der Waals surface area contributed by atoms with E-state index in [0.717, 1.165) is 17.1 Å². The zero-order chi connectivity index (χ0) is 9.14. The lowest BCUT2D eigenvalue weighted by molar-refractivity contribution is 0.185. The SMILES string of the molecule is COCc1c(C)nn(C)c1NN. The van der Waals surface area contributed by atoms with Gasteiger partial charge < -0.3 is 10.2 Å². The Morgan fingerprint density at radius 3 is 2.83 bits per heavy atom. The summed E-state index contributed by atoms with van der Waals surface area (Å²) in [7, 11) is 3.48. The molecule has 0 saturated heterocycles. The van der Waals surface area contributed by atoms with Crippen molar-refractivity contribution in [3.8, 4) is 0 Å². The number of hydrazine groups is 1. The molecule has 5 heteroatoms. The normalized spacial score (nSPS) is 10.3. The van der Waals surface area contributed by atoms with Gasteiger partial charge in [-0.05, 0) is 6.92 Å². The monoisotopic (exact) mass is 170 g/mol. The zero-order valence-electron chi connectivity index (χ0n) is 7.59. The highest BCUT2D eigenvalue weighted by molar-refractivity contribution is 5.45. The minimum absolute atomic E-state index is 0.527. The number of nitrogens with two attached hydrogens (primary N) is 1. The molecule has 1 aromatic heterocycles. The van der Waals surface area contributed by atoms with Gasteiger partial charge in [0.05, 0.1) is 12.3 Å². The standard InChI is InChI=1S/C7H14N4O/c1-5-6(4-12-3)7(9-8)11(2)10-5/h9H,4,8H2,1-3H3. The first-order valence-electron chi connectivity index (χ1n) is 3.68. The fourth-order valence-electron chi connectivity index (χ4n) is 1.20. The maximum atomic E-state index is 5.33. The van der Waals surface area contributed by atoms with Crippen LogP contribution in [0.25, 0.3) is 0 Å². The van der Waals surface area contributed by atoms with Crippen LogP contribution in [-0.4, -0.2) is 16.9 Å².